The van der Waals surface area contributed by atoms with Crippen LogP contribution < -0.4 is 5.73 Å². The molecule has 2 nitrogen and oxygen atoms in total. The van der Waals surface area contributed by atoms with Gasteiger partial charge < -0.3 is 5.73 Å². The monoisotopic (exact) mass is 126 g/mol. The summed E-state index contributed by atoms with van der Waals surface area (Å²) in [5, 5.41) is 0. The van der Waals surface area contributed by atoms with Gasteiger partial charge in [0.15, 0.2) is 0 Å². The normalized spacial score (nSPS) is 13.0. The quantitative estimate of drug-likeness (QED) is 0.569. The van der Waals surface area contributed by atoms with Crippen molar-refractivity contribution in [1.82, 2.24) is 0 Å². The predicted molar refractivity (Wildman–Crippen MR) is 41.6 cm³/mol. The minimum Gasteiger partial charge on any atom is -0.327 e. The van der Waals surface area contributed by atoms with E-state index < -0.39 is 0 Å². The highest BCUT2D eigenvalue weighted by Gasteiger charge is 1.83. The van der Waals surface area contributed by atoms with Gasteiger partial charge in [-0.2, -0.15) is 0 Å². The van der Waals surface area contributed by atoms with Crippen molar-refractivity contribution in [1.29, 1.82) is 0 Å². The summed E-state index contributed by atoms with van der Waals surface area (Å²) in [6, 6.07) is 0. The Morgan fingerprint density at radius 1 is 1.67 bits per heavy atom. The summed E-state index contributed by atoms with van der Waals surface area (Å²) in [6.07, 6.45) is 4.67. The lowest BCUT2D eigenvalue weighted by Gasteiger charge is -1.92. The summed E-state index contributed by atoms with van der Waals surface area (Å²) in [4.78, 5) is 4.09. The van der Waals surface area contributed by atoms with Crippen molar-refractivity contribution in [2.45, 2.75) is 20.3 Å². The molecule has 0 spiro atoms. The first-order valence-corrected chi connectivity index (χ1v) is 3.22. The van der Waals surface area contributed by atoms with Crippen LogP contribution in [0.15, 0.2) is 16.8 Å². The highest BCUT2D eigenvalue weighted by Crippen LogP contribution is 1.98. The van der Waals surface area contributed by atoms with Crippen molar-refractivity contribution in [3.05, 3.63) is 11.8 Å². The van der Waals surface area contributed by atoms with Gasteiger partial charge in [0.2, 0.25) is 0 Å². The number of nitrogens with two attached hydrogens (primary N) is 1. The van der Waals surface area contributed by atoms with Gasteiger partial charge >= 0.3 is 0 Å². The molecule has 0 rings (SSSR count). The van der Waals surface area contributed by atoms with Crippen LogP contribution in [0.5, 0.6) is 0 Å². The molecule has 0 amide bonds. The molecule has 0 aromatic carbocycles. The number of rotatable bonds is 3. The summed E-state index contributed by atoms with van der Waals surface area (Å²) >= 11 is 0. The average molecular weight is 126 g/mol. The molecular weight excluding hydrogens is 112 g/mol. The van der Waals surface area contributed by atoms with E-state index in [1.807, 2.05) is 13.0 Å². The molecule has 0 aromatic heterocycles. The fourth-order valence-corrected chi connectivity index (χ4v) is 0.590. The number of aliphatic imine (C=N–C) groups is 1. The first kappa shape index (κ1) is 8.37. The number of allylic oxidation sites excluding steroid dienone is 1. The average Bonchev–Trinajstić information content (AvgIpc) is 1.88. The molecule has 0 radical (unpaired) electrons. The van der Waals surface area contributed by atoms with Gasteiger partial charge in [-0.05, 0) is 19.4 Å². The second kappa shape index (κ2) is 5.51. The third-order valence-corrected chi connectivity index (χ3v) is 1.01. The molecule has 0 heterocycles. The van der Waals surface area contributed by atoms with Crippen LogP contribution in [0.4, 0.5) is 0 Å². The Morgan fingerprint density at radius 3 is 2.67 bits per heavy atom. The van der Waals surface area contributed by atoms with Crippen molar-refractivity contribution in [3.63, 3.8) is 0 Å². The van der Waals surface area contributed by atoms with E-state index in [4.69, 9.17) is 5.73 Å². The van der Waals surface area contributed by atoms with Gasteiger partial charge in [0.25, 0.3) is 0 Å². The summed E-state index contributed by atoms with van der Waals surface area (Å²) in [5.74, 6) is 0. The Balaban J connectivity index is 3.81. The highest BCUT2D eigenvalue weighted by atomic mass is 14.7. The Morgan fingerprint density at radius 2 is 2.33 bits per heavy atom. The fraction of sp³-hybridized carbons (Fsp3) is 0.571. The molecule has 0 saturated heterocycles. The number of hydrogen-bond donors (Lipinski definition) is 1. The lowest BCUT2D eigenvalue weighted by molar-refractivity contribution is 1.04. The summed E-state index contributed by atoms with van der Waals surface area (Å²) in [5.41, 5.74) is 6.35. The molecule has 0 unspecified atom stereocenters. The molecule has 0 bridgehead atoms. The first-order chi connectivity index (χ1) is 4.35. The van der Waals surface area contributed by atoms with Crippen LogP contribution in [-0.2, 0) is 0 Å². The molecule has 9 heavy (non-hydrogen) atoms. The first-order valence-electron chi connectivity index (χ1n) is 3.22. The van der Waals surface area contributed by atoms with Gasteiger partial charge in [-0.3, -0.25) is 4.99 Å². The van der Waals surface area contributed by atoms with Gasteiger partial charge in [0.05, 0.1) is 0 Å². The van der Waals surface area contributed by atoms with E-state index in [1.54, 1.807) is 6.21 Å². The van der Waals surface area contributed by atoms with E-state index >= 15 is 0 Å². The molecule has 2 N–H and O–H groups in total. The maximum Gasteiger partial charge on any atom is 0.0369 e. The predicted octanol–water partition coefficient (Wildman–Crippen LogP) is 1.33. The fourth-order valence-electron chi connectivity index (χ4n) is 0.590. The Labute approximate surface area is 56.5 Å². The Hall–Kier alpha value is -0.630. The lowest BCUT2D eigenvalue weighted by Crippen LogP contribution is -1.94. The standard InChI is InChI=1S/C7H14N2/c1-3-7(5-6-8)9-4-2/h4-5H,3,6,8H2,1-2H3/b7-5-,9-4?. The molecule has 0 aliphatic carbocycles. The molecule has 0 aliphatic rings. The van der Waals surface area contributed by atoms with E-state index in [0.29, 0.717) is 6.54 Å². The molecule has 0 aromatic rings. The van der Waals surface area contributed by atoms with Gasteiger partial charge in [-0.1, -0.05) is 6.92 Å². The molecule has 0 fully saturated rings. The van der Waals surface area contributed by atoms with E-state index in [0.717, 1.165) is 12.1 Å². The molecule has 0 aliphatic heterocycles. The van der Waals surface area contributed by atoms with Crippen molar-refractivity contribution < 1.29 is 0 Å². The number of hydrogen-bond acceptors (Lipinski definition) is 2. The molecule has 0 atom stereocenters. The summed E-state index contributed by atoms with van der Waals surface area (Å²) in [7, 11) is 0. The van der Waals surface area contributed by atoms with Crippen LogP contribution in [0, 0.1) is 0 Å². The Kier molecular flexibility index (Phi) is 5.12. The van der Waals surface area contributed by atoms with Crippen molar-refractivity contribution in [3.8, 4) is 0 Å². The second-order valence-electron chi connectivity index (χ2n) is 1.67. The van der Waals surface area contributed by atoms with Crippen LogP contribution in [0.3, 0.4) is 0 Å². The zero-order chi connectivity index (χ0) is 7.11. The molecule has 2 heteroatoms. The van der Waals surface area contributed by atoms with E-state index in [2.05, 4.69) is 11.9 Å². The molecular formula is C7H14N2. The lowest BCUT2D eigenvalue weighted by atomic mass is 10.3. The van der Waals surface area contributed by atoms with Crippen LogP contribution in [0.1, 0.15) is 20.3 Å². The van der Waals surface area contributed by atoms with E-state index in [1.165, 1.54) is 0 Å². The minimum atomic E-state index is 0.584. The number of nitrogens with zero attached hydrogens (tertiary/aromatic N) is 1. The second-order valence-corrected chi connectivity index (χ2v) is 1.67. The van der Waals surface area contributed by atoms with Crippen molar-refractivity contribution >= 4 is 6.21 Å². The molecule has 52 valence electrons. The van der Waals surface area contributed by atoms with Crippen LogP contribution in [0.2, 0.25) is 0 Å². The van der Waals surface area contributed by atoms with Gasteiger partial charge in [0, 0.05) is 18.5 Å². The van der Waals surface area contributed by atoms with Crippen molar-refractivity contribution in [2.24, 2.45) is 10.7 Å². The maximum absolute atomic E-state index is 5.28. The third kappa shape index (κ3) is 3.91. The Bertz CT molecular complexity index is 114. The van der Waals surface area contributed by atoms with E-state index in [-0.39, 0.29) is 0 Å². The zero-order valence-electron chi connectivity index (χ0n) is 6.09. The van der Waals surface area contributed by atoms with Crippen molar-refractivity contribution in [2.75, 3.05) is 6.54 Å². The van der Waals surface area contributed by atoms with Gasteiger partial charge in [-0.25, -0.2) is 0 Å². The van der Waals surface area contributed by atoms with Crippen LogP contribution in [0.25, 0.3) is 0 Å². The third-order valence-electron chi connectivity index (χ3n) is 1.01. The SMILES string of the molecule is CC=N/C(=C\CN)CC. The smallest absolute Gasteiger partial charge is 0.0369 e. The largest absolute Gasteiger partial charge is 0.327 e. The van der Waals surface area contributed by atoms with Crippen LogP contribution >= 0.6 is 0 Å². The minimum absolute atomic E-state index is 0.584. The van der Waals surface area contributed by atoms with Gasteiger partial charge in [0.1, 0.15) is 0 Å². The van der Waals surface area contributed by atoms with Crippen LogP contribution in [-0.4, -0.2) is 12.8 Å². The topological polar surface area (TPSA) is 38.4 Å². The summed E-state index contributed by atoms with van der Waals surface area (Å²) in [6.45, 7) is 4.55. The van der Waals surface area contributed by atoms with E-state index in [9.17, 15) is 0 Å². The maximum atomic E-state index is 5.28. The highest BCUT2D eigenvalue weighted by molar-refractivity contribution is 5.55. The summed E-state index contributed by atoms with van der Waals surface area (Å²) < 4.78 is 0. The molecule has 0 saturated carbocycles. The zero-order valence-corrected chi connectivity index (χ0v) is 6.09. The van der Waals surface area contributed by atoms with Gasteiger partial charge in [-0.15, -0.1) is 0 Å².